The molecule has 1 atom stereocenters. The van der Waals surface area contributed by atoms with Gasteiger partial charge < -0.3 is 15.4 Å². The van der Waals surface area contributed by atoms with Gasteiger partial charge in [-0.15, -0.1) is 0 Å². The van der Waals surface area contributed by atoms with Gasteiger partial charge in [-0.25, -0.2) is 0 Å². The molecule has 19 heavy (non-hydrogen) atoms. The zero-order valence-electron chi connectivity index (χ0n) is 12.1. The van der Waals surface area contributed by atoms with Crippen LogP contribution >= 0.6 is 0 Å². The van der Waals surface area contributed by atoms with Crippen molar-refractivity contribution < 1.29 is 4.74 Å². The van der Waals surface area contributed by atoms with Gasteiger partial charge in [0, 0.05) is 25.2 Å². The van der Waals surface area contributed by atoms with E-state index in [4.69, 9.17) is 4.74 Å². The van der Waals surface area contributed by atoms with Crippen LogP contribution in [0.5, 0.6) is 5.75 Å². The first-order valence-electron chi connectivity index (χ1n) is 7.46. The van der Waals surface area contributed by atoms with Gasteiger partial charge in [-0.2, -0.15) is 0 Å². The average Bonchev–Trinajstić information content (AvgIpc) is 3.25. The Balaban J connectivity index is 1.71. The maximum absolute atomic E-state index is 5.65. The van der Waals surface area contributed by atoms with Gasteiger partial charge in [0.15, 0.2) is 0 Å². The molecule has 3 nitrogen and oxygen atoms in total. The Hall–Kier alpha value is -1.06. The van der Waals surface area contributed by atoms with E-state index in [2.05, 4.69) is 42.7 Å². The normalized spacial score (nSPS) is 16.3. The van der Waals surface area contributed by atoms with Crippen LogP contribution in [0.2, 0.25) is 0 Å². The molecule has 0 spiro atoms. The van der Waals surface area contributed by atoms with E-state index in [9.17, 15) is 0 Å². The van der Waals surface area contributed by atoms with Gasteiger partial charge in [0.2, 0.25) is 0 Å². The highest BCUT2D eigenvalue weighted by Crippen LogP contribution is 2.18. The lowest BCUT2D eigenvalue weighted by Crippen LogP contribution is -2.36. The molecule has 0 amide bonds. The van der Waals surface area contributed by atoms with Crippen molar-refractivity contribution in [1.82, 2.24) is 10.6 Å². The summed E-state index contributed by atoms with van der Waals surface area (Å²) in [6.07, 6.45) is 3.75. The number of nitrogens with one attached hydrogen (secondary N) is 2. The molecule has 1 fully saturated rings. The number of ether oxygens (including phenoxy) is 1. The van der Waals surface area contributed by atoms with Crippen LogP contribution in [-0.2, 0) is 6.54 Å². The van der Waals surface area contributed by atoms with Crippen molar-refractivity contribution in [3.05, 3.63) is 29.8 Å². The van der Waals surface area contributed by atoms with Crippen LogP contribution in [0.25, 0.3) is 0 Å². The highest BCUT2D eigenvalue weighted by molar-refractivity contribution is 5.28. The fourth-order valence-electron chi connectivity index (χ4n) is 1.96. The summed E-state index contributed by atoms with van der Waals surface area (Å²) in [5.74, 6) is 0.977. The quantitative estimate of drug-likeness (QED) is 0.718. The molecule has 0 radical (unpaired) electrons. The van der Waals surface area contributed by atoms with Crippen molar-refractivity contribution in [2.45, 2.75) is 51.7 Å². The van der Waals surface area contributed by atoms with Gasteiger partial charge in [-0.05, 0) is 43.9 Å². The van der Waals surface area contributed by atoms with E-state index in [0.29, 0.717) is 6.04 Å². The van der Waals surface area contributed by atoms with E-state index in [1.54, 1.807) is 0 Å². The van der Waals surface area contributed by atoms with Gasteiger partial charge in [-0.1, -0.05) is 19.1 Å². The molecule has 3 heteroatoms. The van der Waals surface area contributed by atoms with Crippen LogP contribution in [0, 0.1) is 0 Å². The first-order chi connectivity index (χ1) is 9.28. The maximum Gasteiger partial charge on any atom is 0.119 e. The molecule has 2 rings (SSSR count). The van der Waals surface area contributed by atoms with Crippen molar-refractivity contribution in [3.8, 4) is 5.75 Å². The fraction of sp³-hybridized carbons (Fsp3) is 0.625. The first kappa shape index (κ1) is 14.4. The van der Waals surface area contributed by atoms with Crippen molar-refractivity contribution in [3.63, 3.8) is 0 Å². The summed E-state index contributed by atoms with van der Waals surface area (Å²) in [6, 6.07) is 9.65. The summed E-state index contributed by atoms with van der Waals surface area (Å²) in [6.45, 7) is 7.10. The summed E-state index contributed by atoms with van der Waals surface area (Å²) in [5, 5.41) is 7.09. The minimum Gasteiger partial charge on any atom is -0.494 e. The third-order valence-electron chi connectivity index (χ3n) is 3.32. The molecule has 2 N–H and O–H groups in total. The predicted molar refractivity (Wildman–Crippen MR) is 79.6 cm³/mol. The van der Waals surface area contributed by atoms with Crippen LogP contribution in [0.3, 0.4) is 0 Å². The maximum atomic E-state index is 5.65. The number of hydrogen-bond donors (Lipinski definition) is 2. The minimum absolute atomic E-state index is 0.501. The SMILES string of the molecule is CCCOc1cccc(CNC(C)CNC2CC2)c1. The van der Waals surface area contributed by atoms with Gasteiger partial charge in [0.25, 0.3) is 0 Å². The van der Waals surface area contributed by atoms with Crippen LogP contribution in [0.15, 0.2) is 24.3 Å². The van der Waals surface area contributed by atoms with E-state index >= 15 is 0 Å². The molecule has 1 unspecified atom stereocenters. The van der Waals surface area contributed by atoms with E-state index in [-0.39, 0.29) is 0 Å². The van der Waals surface area contributed by atoms with E-state index in [1.807, 2.05) is 6.07 Å². The van der Waals surface area contributed by atoms with Crippen LogP contribution < -0.4 is 15.4 Å². The van der Waals surface area contributed by atoms with E-state index in [0.717, 1.165) is 37.9 Å². The standard InChI is InChI=1S/C16H26N2O/c1-3-9-19-16-6-4-5-14(10-16)12-17-13(2)11-18-15-7-8-15/h4-6,10,13,15,17-18H,3,7-9,11-12H2,1-2H3. The van der Waals surface area contributed by atoms with Gasteiger partial charge in [-0.3, -0.25) is 0 Å². The predicted octanol–water partition coefficient (Wildman–Crippen LogP) is 2.71. The molecule has 0 heterocycles. The van der Waals surface area contributed by atoms with Crippen molar-refractivity contribution >= 4 is 0 Å². The van der Waals surface area contributed by atoms with Crippen molar-refractivity contribution in [2.24, 2.45) is 0 Å². The Labute approximate surface area is 116 Å². The Morgan fingerprint density at radius 3 is 2.95 bits per heavy atom. The van der Waals surface area contributed by atoms with Crippen LogP contribution in [0.4, 0.5) is 0 Å². The molecule has 0 saturated heterocycles. The molecule has 1 aliphatic carbocycles. The number of rotatable bonds is 9. The Morgan fingerprint density at radius 2 is 2.21 bits per heavy atom. The second-order valence-electron chi connectivity index (χ2n) is 5.46. The third kappa shape index (κ3) is 5.62. The molecule has 0 aromatic heterocycles. The third-order valence-corrected chi connectivity index (χ3v) is 3.32. The molecular weight excluding hydrogens is 236 g/mol. The molecule has 0 aliphatic heterocycles. The van der Waals surface area contributed by atoms with Crippen molar-refractivity contribution in [2.75, 3.05) is 13.2 Å². The summed E-state index contributed by atoms with van der Waals surface area (Å²) >= 11 is 0. The van der Waals surface area contributed by atoms with Crippen LogP contribution in [0.1, 0.15) is 38.7 Å². The average molecular weight is 262 g/mol. The minimum atomic E-state index is 0.501. The molecule has 1 aliphatic rings. The largest absolute Gasteiger partial charge is 0.494 e. The monoisotopic (exact) mass is 262 g/mol. The van der Waals surface area contributed by atoms with E-state index in [1.165, 1.54) is 18.4 Å². The molecule has 1 saturated carbocycles. The molecule has 106 valence electrons. The second kappa shape index (κ2) is 7.51. The molecule has 0 bridgehead atoms. The smallest absolute Gasteiger partial charge is 0.119 e. The summed E-state index contributed by atoms with van der Waals surface area (Å²) < 4.78 is 5.65. The summed E-state index contributed by atoms with van der Waals surface area (Å²) in [4.78, 5) is 0. The van der Waals surface area contributed by atoms with Gasteiger partial charge in [0.1, 0.15) is 5.75 Å². The molecule has 1 aromatic carbocycles. The van der Waals surface area contributed by atoms with E-state index < -0.39 is 0 Å². The van der Waals surface area contributed by atoms with Crippen molar-refractivity contribution in [1.29, 1.82) is 0 Å². The van der Waals surface area contributed by atoms with Crippen LogP contribution in [-0.4, -0.2) is 25.2 Å². The topological polar surface area (TPSA) is 33.3 Å². The number of hydrogen-bond acceptors (Lipinski definition) is 3. The Kier molecular flexibility index (Phi) is 5.67. The second-order valence-corrected chi connectivity index (χ2v) is 5.46. The lowest BCUT2D eigenvalue weighted by Gasteiger charge is -2.15. The highest BCUT2D eigenvalue weighted by Gasteiger charge is 2.20. The molecule has 1 aromatic rings. The van der Waals surface area contributed by atoms with Gasteiger partial charge >= 0.3 is 0 Å². The Morgan fingerprint density at radius 1 is 1.37 bits per heavy atom. The summed E-state index contributed by atoms with van der Waals surface area (Å²) in [7, 11) is 0. The zero-order valence-corrected chi connectivity index (χ0v) is 12.1. The lowest BCUT2D eigenvalue weighted by molar-refractivity contribution is 0.317. The number of benzene rings is 1. The highest BCUT2D eigenvalue weighted by atomic mass is 16.5. The molecular formula is C16H26N2O. The summed E-state index contributed by atoms with van der Waals surface area (Å²) in [5.41, 5.74) is 1.28. The van der Waals surface area contributed by atoms with Gasteiger partial charge in [0.05, 0.1) is 6.61 Å². The zero-order chi connectivity index (χ0) is 13.5. The Bertz CT molecular complexity index is 377. The fourth-order valence-corrected chi connectivity index (χ4v) is 1.96. The first-order valence-corrected chi connectivity index (χ1v) is 7.46. The lowest BCUT2D eigenvalue weighted by atomic mass is 10.2.